The van der Waals surface area contributed by atoms with E-state index in [-0.39, 0.29) is 0 Å². The molecule has 0 amide bonds. The van der Waals surface area contributed by atoms with Gasteiger partial charge in [0.15, 0.2) is 0 Å². The largest absolute Gasteiger partial charge is 0.460 e. The van der Waals surface area contributed by atoms with Crippen LogP contribution in [0.1, 0.15) is 5.56 Å². The maximum absolute atomic E-state index is 6.51. The van der Waals surface area contributed by atoms with Gasteiger partial charge in [-0.05, 0) is 23.1 Å². The maximum atomic E-state index is 6.51. The zero-order valence-corrected chi connectivity index (χ0v) is 14.7. The van der Waals surface area contributed by atoms with Gasteiger partial charge in [-0.15, -0.1) is 0 Å². The van der Waals surface area contributed by atoms with E-state index in [1.165, 1.54) is 11.3 Å². The first-order valence-electron chi connectivity index (χ1n) is 7.95. The van der Waals surface area contributed by atoms with Crippen LogP contribution in [-0.4, -0.2) is 19.0 Å². The van der Waals surface area contributed by atoms with E-state index in [0.29, 0.717) is 0 Å². The Morgan fingerprint density at radius 1 is 1.08 bits per heavy atom. The highest BCUT2D eigenvalue weighted by atomic mass is 79.9. The average molecular weight is 379 g/mol. The Labute approximate surface area is 148 Å². The Hall–Kier alpha value is -2.33. The summed E-state index contributed by atoms with van der Waals surface area (Å²) < 4.78 is 7.54. The lowest BCUT2D eigenvalue weighted by atomic mass is 10.0. The summed E-state index contributed by atoms with van der Waals surface area (Å²) in [7, 11) is 2.07. The van der Waals surface area contributed by atoms with Gasteiger partial charge in [-0.3, -0.25) is 4.99 Å². The highest BCUT2D eigenvalue weighted by Crippen LogP contribution is 2.47. The Bertz CT molecular complexity index is 1010. The van der Waals surface area contributed by atoms with Crippen molar-refractivity contribution in [3.8, 4) is 5.75 Å². The molecule has 2 heterocycles. The average Bonchev–Trinajstić information content (AvgIpc) is 2.87. The monoisotopic (exact) mass is 378 g/mol. The second kappa shape index (κ2) is 4.84. The highest BCUT2D eigenvalue weighted by Gasteiger charge is 2.45. The topological polar surface area (TPSA) is 24.8 Å². The number of aliphatic imine (C=N–C) groups is 1. The fourth-order valence-electron chi connectivity index (χ4n) is 3.70. The van der Waals surface area contributed by atoms with Crippen molar-refractivity contribution < 1.29 is 4.74 Å². The van der Waals surface area contributed by atoms with Crippen LogP contribution < -0.4 is 9.64 Å². The van der Waals surface area contributed by atoms with Gasteiger partial charge in [0.1, 0.15) is 11.4 Å². The van der Waals surface area contributed by atoms with Crippen LogP contribution in [0.25, 0.3) is 10.8 Å². The van der Waals surface area contributed by atoms with Gasteiger partial charge in [0.25, 0.3) is 0 Å². The van der Waals surface area contributed by atoms with Gasteiger partial charge in [0, 0.05) is 29.0 Å². The van der Waals surface area contributed by atoms with E-state index >= 15 is 0 Å². The summed E-state index contributed by atoms with van der Waals surface area (Å²) in [5.41, 5.74) is 2.85. The number of hydrogen-bond donors (Lipinski definition) is 0. The SMILES string of the molecule is CN1c2ccccc2CC12C=Nc1c(cc(Br)c3ccccc13)O2. The fraction of sp³-hybridized carbons (Fsp3) is 0.150. The second-order valence-corrected chi connectivity index (χ2v) is 7.17. The van der Waals surface area contributed by atoms with Crippen LogP contribution >= 0.6 is 15.9 Å². The van der Waals surface area contributed by atoms with Crippen molar-refractivity contribution in [1.29, 1.82) is 0 Å². The van der Waals surface area contributed by atoms with Crippen molar-refractivity contribution >= 4 is 44.3 Å². The molecular formula is C20H15BrN2O. The number of ether oxygens (including phenoxy) is 1. The van der Waals surface area contributed by atoms with Gasteiger partial charge in [0.2, 0.25) is 5.72 Å². The molecule has 2 aliphatic heterocycles. The van der Waals surface area contributed by atoms with Crippen LogP contribution in [0.4, 0.5) is 11.4 Å². The molecule has 3 aromatic carbocycles. The molecule has 4 heteroatoms. The Balaban J connectivity index is 1.67. The molecule has 5 rings (SSSR count). The molecule has 0 bridgehead atoms. The van der Waals surface area contributed by atoms with Crippen LogP contribution in [0, 0.1) is 0 Å². The van der Waals surface area contributed by atoms with Crippen molar-refractivity contribution in [1.82, 2.24) is 0 Å². The molecule has 1 atom stereocenters. The van der Waals surface area contributed by atoms with E-state index < -0.39 is 5.72 Å². The minimum Gasteiger partial charge on any atom is -0.460 e. The molecule has 1 spiro atoms. The van der Waals surface area contributed by atoms with Crippen molar-refractivity contribution in [3.63, 3.8) is 0 Å². The Kier molecular flexibility index (Phi) is 2.83. The number of nitrogens with zero attached hydrogens (tertiary/aromatic N) is 2. The number of likely N-dealkylation sites (N-methyl/N-ethyl adjacent to an activating group) is 1. The van der Waals surface area contributed by atoms with Crippen molar-refractivity contribution in [3.05, 3.63) is 64.6 Å². The first-order chi connectivity index (χ1) is 11.7. The van der Waals surface area contributed by atoms with Gasteiger partial charge in [-0.2, -0.15) is 0 Å². The van der Waals surface area contributed by atoms with Crippen LogP contribution in [0.5, 0.6) is 5.75 Å². The van der Waals surface area contributed by atoms with E-state index in [1.807, 2.05) is 24.4 Å². The van der Waals surface area contributed by atoms with E-state index in [2.05, 4.69) is 64.3 Å². The smallest absolute Gasteiger partial charge is 0.223 e. The van der Waals surface area contributed by atoms with Crippen LogP contribution in [0.15, 0.2) is 64.1 Å². The molecule has 0 aromatic heterocycles. The first kappa shape index (κ1) is 14.1. The zero-order valence-electron chi connectivity index (χ0n) is 13.2. The van der Waals surface area contributed by atoms with Crippen LogP contribution in [0.3, 0.4) is 0 Å². The Morgan fingerprint density at radius 3 is 2.67 bits per heavy atom. The molecule has 1 unspecified atom stereocenters. The first-order valence-corrected chi connectivity index (χ1v) is 8.74. The number of halogens is 1. The molecule has 118 valence electrons. The minimum atomic E-state index is -0.543. The number of anilines is 1. The summed E-state index contributed by atoms with van der Waals surface area (Å²) in [6.45, 7) is 0. The summed E-state index contributed by atoms with van der Waals surface area (Å²) in [4.78, 5) is 7.00. The molecule has 0 fully saturated rings. The molecule has 0 N–H and O–H groups in total. The molecule has 0 saturated heterocycles. The molecule has 0 saturated carbocycles. The van der Waals surface area contributed by atoms with E-state index in [9.17, 15) is 0 Å². The lowest BCUT2D eigenvalue weighted by molar-refractivity contribution is 0.153. The third-order valence-electron chi connectivity index (χ3n) is 4.98. The molecule has 3 aromatic rings. The predicted molar refractivity (Wildman–Crippen MR) is 102 cm³/mol. The van der Waals surface area contributed by atoms with Crippen molar-refractivity contribution in [2.24, 2.45) is 4.99 Å². The zero-order chi connectivity index (χ0) is 16.3. The third-order valence-corrected chi connectivity index (χ3v) is 5.63. The molecule has 2 aliphatic rings. The standard InChI is InChI=1S/C20H15BrN2O/c1-23-17-9-5-2-6-13(17)11-20(23)12-22-19-15-8-4-3-7-14(15)16(21)10-18(19)24-20/h2-10,12H,11H2,1H3. The minimum absolute atomic E-state index is 0.543. The molecule has 3 nitrogen and oxygen atoms in total. The summed E-state index contributed by atoms with van der Waals surface area (Å²) in [5, 5.41) is 2.25. The van der Waals surface area contributed by atoms with E-state index in [0.717, 1.165) is 33.1 Å². The fourth-order valence-corrected chi connectivity index (χ4v) is 4.26. The summed E-state index contributed by atoms with van der Waals surface area (Å²) in [5.74, 6) is 0.822. The van der Waals surface area contributed by atoms with E-state index in [1.54, 1.807) is 0 Å². The van der Waals surface area contributed by atoms with Gasteiger partial charge in [0.05, 0.1) is 6.21 Å². The molecule has 0 radical (unpaired) electrons. The number of fused-ring (bicyclic) bond motifs is 4. The summed E-state index contributed by atoms with van der Waals surface area (Å²) in [6, 6.07) is 18.7. The van der Waals surface area contributed by atoms with Crippen LogP contribution in [-0.2, 0) is 6.42 Å². The van der Waals surface area contributed by atoms with Gasteiger partial charge in [-0.1, -0.05) is 58.4 Å². The number of para-hydroxylation sites is 1. The third kappa shape index (κ3) is 1.80. The number of rotatable bonds is 0. The highest BCUT2D eigenvalue weighted by molar-refractivity contribution is 9.10. The lowest BCUT2D eigenvalue weighted by Crippen LogP contribution is -2.52. The Morgan fingerprint density at radius 2 is 1.83 bits per heavy atom. The second-order valence-electron chi connectivity index (χ2n) is 6.32. The van der Waals surface area contributed by atoms with E-state index in [4.69, 9.17) is 9.73 Å². The summed E-state index contributed by atoms with van der Waals surface area (Å²) in [6.07, 6.45) is 2.75. The normalized spacial score (nSPS) is 21.0. The predicted octanol–water partition coefficient (Wildman–Crippen LogP) is 5.09. The number of benzene rings is 3. The maximum Gasteiger partial charge on any atom is 0.223 e. The van der Waals surface area contributed by atoms with Gasteiger partial charge >= 0.3 is 0 Å². The van der Waals surface area contributed by atoms with Crippen molar-refractivity contribution in [2.75, 3.05) is 11.9 Å². The summed E-state index contributed by atoms with van der Waals surface area (Å²) >= 11 is 3.67. The van der Waals surface area contributed by atoms with Crippen molar-refractivity contribution in [2.45, 2.75) is 12.1 Å². The molecule has 0 aliphatic carbocycles. The number of hydrogen-bond acceptors (Lipinski definition) is 3. The quantitative estimate of drug-likeness (QED) is 0.544. The van der Waals surface area contributed by atoms with Crippen LogP contribution in [0.2, 0.25) is 0 Å². The van der Waals surface area contributed by atoms with Gasteiger partial charge in [-0.25, -0.2) is 0 Å². The lowest BCUT2D eigenvalue weighted by Gasteiger charge is -2.37. The van der Waals surface area contributed by atoms with Gasteiger partial charge < -0.3 is 9.64 Å². The molecular weight excluding hydrogens is 364 g/mol. The molecule has 24 heavy (non-hydrogen) atoms.